The lowest BCUT2D eigenvalue weighted by atomic mass is 9.97. The van der Waals surface area contributed by atoms with Crippen LogP contribution in [0.15, 0.2) is 17.1 Å². The van der Waals surface area contributed by atoms with Crippen molar-refractivity contribution >= 4 is 17.8 Å². The molecule has 0 unspecified atom stereocenters. The molecule has 3 heterocycles. The lowest BCUT2D eigenvalue weighted by Gasteiger charge is -2.41. The van der Waals surface area contributed by atoms with E-state index >= 15 is 0 Å². The van der Waals surface area contributed by atoms with E-state index in [9.17, 15) is 19.2 Å². The Labute approximate surface area is 184 Å². The zero-order valence-electron chi connectivity index (χ0n) is 18.0. The van der Waals surface area contributed by atoms with E-state index in [1.165, 1.54) is 24.0 Å². The minimum atomic E-state index is -0.846. The first-order chi connectivity index (χ1) is 15.4. The average molecular weight is 449 g/mol. The van der Waals surface area contributed by atoms with Crippen LogP contribution >= 0.6 is 0 Å². The van der Waals surface area contributed by atoms with Crippen LogP contribution in [0, 0.1) is 0 Å². The van der Waals surface area contributed by atoms with Crippen molar-refractivity contribution in [3.05, 3.63) is 28.2 Å². The molecule has 3 aliphatic rings. The van der Waals surface area contributed by atoms with Gasteiger partial charge in [-0.15, -0.1) is 0 Å². The van der Waals surface area contributed by atoms with E-state index in [-0.39, 0.29) is 43.0 Å². The van der Waals surface area contributed by atoms with Gasteiger partial charge < -0.3 is 29.3 Å². The molecule has 2 fully saturated rings. The third-order valence-corrected chi connectivity index (χ3v) is 6.03. The van der Waals surface area contributed by atoms with Gasteiger partial charge in [-0.2, -0.15) is 0 Å². The second kappa shape index (κ2) is 9.19. The van der Waals surface area contributed by atoms with Gasteiger partial charge in [0, 0.05) is 18.8 Å². The first-order valence-corrected chi connectivity index (χ1v) is 10.7. The largest absolute Gasteiger partial charge is 0.487 e. The van der Waals surface area contributed by atoms with Crippen LogP contribution in [0.3, 0.4) is 0 Å². The van der Waals surface area contributed by atoms with E-state index in [1.807, 2.05) is 0 Å². The number of morpholine rings is 1. The highest BCUT2D eigenvalue weighted by molar-refractivity contribution is 5.96. The van der Waals surface area contributed by atoms with Gasteiger partial charge in [-0.25, -0.2) is 0 Å². The number of nitrogens with one attached hydrogen (secondary N) is 1. The fourth-order valence-electron chi connectivity index (χ4n) is 4.41. The zero-order valence-corrected chi connectivity index (χ0v) is 18.0. The lowest BCUT2D eigenvalue weighted by Crippen LogP contribution is -2.59. The number of esters is 2. The number of amides is 1. The van der Waals surface area contributed by atoms with E-state index in [0.29, 0.717) is 32.6 Å². The molecule has 1 aliphatic carbocycles. The number of rotatable bonds is 7. The molecular weight excluding hydrogens is 422 g/mol. The summed E-state index contributed by atoms with van der Waals surface area (Å²) < 4.78 is 22.8. The van der Waals surface area contributed by atoms with Crippen molar-refractivity contribution in [3.8, 4) is 5.75 Å². The number of carbonyl (C=O) groups is 3. The quantitative estimate of drug-likeness (QED) is 0.589. The number of aromatic nitrogens is 1. The Morgan fingerprint density at radius 2 is 2.03 bits per heavy atom. The fourth-order valence-corrected chi connectivity index (χ4v) is 4.41. The van der Waals surface area contributed by atoms with Crippen molar-refractivity contribution in [1.82, 2.24) is 9.58 Å². The number of ether oxygens (including phenoxy) is 4. The van der Waals surface area contributed by atoms with Gasteiger partial charge in [0.2, 0.25) is 5.43 Å². The molecule has 1 saturated carbocycles. The summed E-state index contributed by atoms with van der Waals surface area (Å²) in [4.78, 5) is 51.2. The zero-order chi connectivity index (χ0) is 22.7. The maximum atomic E-state index is 13.0. The van der Waals surface area contributed by atoms with Gasteiger partial charge in [-0.05, 0) is 25.7 Å². The van der Waals surface area contributed by atoms with Crippen LogP contribution in [-0.4, -0.2) is 72.7 Å². The maximum Gasteiger partial charge on any atom is 0.309 e. The van der Waals surface area contributed by atoms with Gasteiger partial charge in [-0.1, -0.05) is 0 Å². The Balaban J connectivity index is 1.41. The number of hydrogen-bond acceptors (Lipinski definition) is 9. The average Bonchev–Trinajstić information content (AvgIpc) is 3.23. The van der Waals surface area contributed by atoms with Crippen LogP contribution in [0.1, 0.15) is 49.0 Å². The summed E-state index contributed by atoms with van der Waals surface area (Å²) >= 11 is 0. The van der Waals surface area contributed by atoms with Gasteiger partial charge in [0.25, 0.3) is 5.91 Å². The summed E-state index contributed by atoms with van der Waals surface area (Å²) in [5.74, 6) is -1.41. The minimum Gasteiger partial charge on any atom is -0.487 e. The Bertz CT molecular complexity index is 953. The molecule has 1 N–H and O–H groups in total. The molecule has 11 heteroatoms. The highest BCUT2D eigenvalue weighted by Crippen LogP contribution is 2.36. The number of methoxy groups -OCH3 is 1. The third kappa shape index (κ3) is 4.43. The third-order valence-electron chi connectivity index (χ3n) is 6.03. The standard InChI is InChI=1S/C21H27N3O8/c1-29-17(27)12-21(6-2-3-7-21)32-16(26)5-10-31-19-14(25)4-8-24-18(19)20(28)23-9-11-30-13-15(23)22-24/h4,8,15,22H,2-3,5-7,9-13H2,1H3/t15-/m0/s1. The summed E-state index contributed by atoms with van der Waals surface area (Å²) in [6, 6.07) is 1.29. The van der Waals surface area contributed by atoms with Crippen molar-refractivity contribution in [3.63, 3.8) is 0 Å². The molecule has 32 heavy (non-hydrogen) atoms. The van der Waals surface area contributed by atoms with Crippen LogP contribution in [0.5, 0.6) is 5.75 Å². The molecule has 0 radical (unpaired) electrons. The summed E-state index contributed by atoms with van der Waals surface area (Å²) in [6.45, 7) is 1.01. The molecule has 0 aromatic carbocycles. The first kappa shape index (κ1) is 22.1. The molecule has 11 nitrogen and oxygen atoms in total. The molecule has 4 rings (SSSR count). The van der Waals surface area contributed by atoms with Crippen molar-refractivity contribution in [2.75, 3.05) is 38.9 Å². The van der Waals surface area contributed by atoms with E-state index in [4.69, 9.17) is 18.9 Å². The van der Waals surface area contributed by atoms with Crippen molar-refractivity contribution in [2.24, 2.45) is 0 Å². The number of pyridine rings is 1. The van der Waals surface area contributed by atoms with Crippen LogP contribution in [0.4, 0.5) is 0 Å². The lowest BCUT2D eigenvalue weighted by molar-refractivity contribution is -0.165. The van der Waals surface area contributed by atoms with Crippen molar-refractivity contribution < 1.29 is 33.3 Å². The molecule has 0 bridgehead atoms. The van der Waals surface area contributed by atoms with Gasteiger partial charge in [-0.3, -0.25) is 23.9 Å². The van der Waals surface area contributed by atoms with Crippen molar-refractivity contribution in [1.29, 1.82) is 0 Å². The monoisotopic (exact) mass is 449 g/mol. The van der Waals surface area contributed by atoms with E-state index in [0.717, 1.165) is 12.8 Å². The van der Waals surface area contributed by atoms with Gasteiger partial charge in [0.05, 0.1) is 39.8 Å². The summed E-state index contributed by atoms with van der Waals surface area (Å²) in [5.41, 5.74) is 1.90. The summed E-state index contributed by atoms with van der Waals surface area (Å²) in [7, 11) is 1.30. The van der Waals surface area contributed by atoms with Crippen LogP contribution in [0.2, 0.25) is 0 Å². The smallest absolute Gasteiger partial charge is 0.309 e. The molecule has 1 aromatic heterocycles. The molecule has 0 spiro atoms. The first-order valence-electron chi connectivity index (χ1n) is 10.7. The van der Waals surface area contributed by atoms with Crippen LogP contribution < -0.4 is 15.6 Å². The highest BCUT2D eigenvalue weighted by atomic mass is 16.6. The maximum absolute atomic E-state index is 13.0. The van der Waals surface area contributed by atoms with E-state index in [1.54, 1.807) is 4.90 Å². The molecule has 1 saturated heterocycles. The number of nitrogens with zero attached hydrogens (tertiary/aromatic N) is 2. The number of carbonyl (C=O) groups excluding carboxylic acids is 3. The second-order valence-corrected chi connectivity index (χ2v) is 8.16. The van der Waals surface area contributed by atoms with Crippen LogP contribution in [-0.2, 0) is 23.8 Å². The summed E-state index contributed by atoms with van der Waals surface area (Å²) in [5, 5.41) is 0. The molecule has 174 valence electrons. The second-order valence-electron chi connectivity index (χ2n) is 8.16. The molecule has 1 atom stereocenters. The Kier molecular flexibility index (Phi) is 6.35. The van der Waals surface area contributed by atoms with Gasteiger partial charge in [0.15, 0.2) is 11.4 Å². The Morgan fingerprint density at radius 1 is 1.25 bits per heavy atom. The number of fused-ring (bicyclic) bond motifs is 2. The molecule has 1 amide bonds. The normalized spacial score (nSPS) is 21.2. The van der Waals surface area contributed by atoms with Crippen molar-refractivity contribution in [2.45, 2.75) is 50.3 Å². The fraction of sp³-hybridized carbons (Fsp3) is 0.619. The predicted molar refractivity (Wildman–Crippen MR) is 110 cm³/mol. The molecule has 1 aromatic rings. The highest BCUT2D eigenvalue weighted by Gasteiger charge is 2.40. The van der Waals surface area contributed by atoms with E-state index < -0.39 is 23.0 Å². The number of hydrogen-bond donors (Lipinski definition) is 1. The van der Waals surface area contributed by atoms with Crippen LogP contribution in [0.25, 0.3) is 0 Å². The molecule has 2 aliphatic heterocycles. The SMILES string of the molecule is COC(=O)CC1(OC(=O)CCOc2c3n(ccc2=O)N[C@@H]2COCCN2C3=O)CCCC1. The summed E-state index contributed by atoms with van der Waals surface area (Å²) in [6.07, 6.45) is 3.97. The van der Waals surface area contributed by atoms with Gasteiger partial charge in [0.1, 0.15) is 11.8 Å². The molecular formula is C21H27N3O8. The topological polar surface area (TPSA) is 125 Å². The predicted octanol–water partition coefficient (Wildman–Crippen LogP) is 0.392. The minimum absolute atomic E-state index is 0.0184. The Morgan fingerprint density at radius 3 is 2.78 bits per heavy atom. The van der Waals surface area contributed by atoms with Gasteiger partial charge >= 0.3 is 11.9 Å². The van der Waals surface area contributed by atoms with E-state index in [2.05, 4.69) is 5.43 Å². The Hall–Kier alpha value is -3.08.